The number of ether oxygens (including phenoxy) is 2. The van der Waals surface area contributed by atoms with Crippen LogP contribution in [0.3, 0.4) is 0 Å². The maximum atomic E-state index is 12.1. The highest BCUT2D eigenvalue weighted by molar-refractivity contribution is 5.94. The molecule has 1 atom stereocenters. The Morgan fingerprint density at radius 3 is 2.53 bits per heavy atom. The van der Waals surface area contributed by atoms with E-state index < -0.39 is 0 Å². The molecule has 0 aliphatic heterocycles. The highest BCUT2D eigenvalue weighted by Gasteiger charge is 2.19. The number of esters is 1. The lowest BCUT2D eigenvalue weighted by Crippen LogP contribution is -2.34. The van der Waals surface area contributed by atoms with Crippen molar-refractivity contribution in [3.8, 4) is 5.88 Å². The summed E-state index contributed by atoms with van der Waals surface area (Å²) in [6.07, 6.45) is 1.44. The first-order chi connectivity index (χ1) is 8.99. The zero-order valence-corrected chi connectivity index (χ0v) is 11.5. The number of nitrogens with zero attached hydrogens (tertiary/aromatic N) is 2. The zero-order valence-electron chi connectivity index (χ0n) is 11.5. The molecule has 0 spiro atoms. The van der Waals surface area contributed by atoms with E-state index in [0.717, 1.165) is 0 Å². The molecule has 1 aromatic rings. The first-order valence-electron chi connectivity index (χ1n) is 5.83. The van der Waals surface area contributed by atoms with Crippen LogP contribution < -0.4 is 4.74 Å². The molecule has 1 rings (SSSR count). The van der Waals surface area contributed by atoms with Gasteiger partial charge in [-0.25, -0.2) is 4.98 Å². The number of aromatic nitrogens is 1. The fourth-order valence-corrected chi connectivity index (χ4v) is 1.62. The van der Waals surface area contributed by atoms with Gasteiger partial charge in [-0.2, -0.15) is 0 Å². The minimum absolute atomic E-state index is 0.203. The summed E-state index contributed by atoms with van der Waals surface area (Å²) >= 11 is 0. The lowest BCUT2D eigenvalue weighted by molar-refractivity contribution is -0.145. The van der Waals surface area contributed by atoms with Gasteiger partial charge in [-0.1, -0.05) is 6.92 Å². The summed E-state index contributed by atoms with van der Waals surface area (Å²) in [6.45, 7) is 2.00. The first-order valence-corrected chi connectivity index (χ1v) is 5.83. The molecule has 0 N–H and O–H groups in total. The Morgan fingerprint density at radius 1 is 1.37 bits per heavy atom. The summed E-state index contributed by atoms with van der Waals surface area (Å²) in [4.78, 5) is 28.8. The van der Waals surface area contributed by atoms with Gasteiger partial charge in [0.2, 0.25) is 5.88 Å². The van der Waals surface area contributed by atoms with Gasteiger partial charge in [-0.05, 0) is 6.07 Å². The summed E-state index contributed by atoms with van der Waals surface area (Å²) in [5.74, 6) is -0.467. The number of hydrogen-bond donors (Lipinski definition) is 0. The highest BCUT2D eigenvalue weighted by Crippen LogP contribution is 2.10. The van der Waals surface area contributed by atoms with Gasteiger partial charge < -0.3 is 14.4 Å². The Labute approximate surface area is 112 Å². The smallest absolute Gasteiger partial charge is 0.310 e. The van der Waals surface area contributed by atoms with Gasteiger partial charge in [0.25, 0.3) is 5.91 Å². The second-order valence-electron chi connectivity index (χ2n) is 4.20. The second-order valence-corrected chi connectivity index (χ2v) is 4.20. The lowest BCUT2D eigenvalue weighted by atomic mass is 10.1. The average Bonchev–Trinajstić information content (AvgIpc) is 2.45. The summed E-state index contributed by atoms with van der Waals surface area (Å²) in [7, 11) is 4.47. The predicted octanol–water partition coefficient (Wildman–Crippen LogP) is 0.971. The quantitative estimate of drug-likeness (QED) is 0.743. The molecule has 104 valence electrons. The van der Waals surface area contributed by atoms with E-state index in [4.69, 9.17) is 4.74 Å². The van der Waals surface area contributed by atoms with E-state index in [-0.39, 0.29) is 24.3 Å². The van der Waals surface area contributed by atoms with Crippen molar-refractivity contribution >= 4 is 11.9 Å². The minimum atomic E-state index is -0.370. The summed E-state index contributed by atoms with van der Waals surface area (Å²) in [5.41, 5.74) is 0.445. The molecule has 1 heterocycles. The Hall–Kier alpha value is -2.11. The topological polar surface area (TPSA) is 68.7 Å². The van der Waals surface area contributed by atoms with Crippen molar-refractivity contribution in [1.82, 2.24) is 9.88 Å². The van der Waals surface area contributed by atoms with Gasteiger partial charge in [-0.3, -0.25) is 9.59 Å². The molecule has 0 bridgehead atoms. The number of carbonyl (C=O) groups excluding carboxylic acids is 2. The highest BCUT2D eigenvalue weighted by atomic mass is 16.5. The zero-order chi connectivity index (χ0) is 14.4. The fourth-order valence-electron chi connectivity index (χ4n) is 1.62. The van der Waals surface area contributed by atoms with Crippen molar-refractivity contribution in [2.75, 3.05) is 27.8 Å². The van der Waals surface area contributed by atoms with E-state index in [2.05, 4.69) is 9.72 Å². The van der Waals surface area contributed by atoms with E-state index in [9.17, 15) is 9.59 Å². The third-order valence-corrected chi connectivity index (χ3v) is 2.69. The number of hydrogen-bond acceptors (Lipinski definition) is 5. The monoisotopic (exact) mass is 266 g/mol. The molecule has 1 aromatic heterocycles. The van der Waals surface area contributed by atoms with E-state index in [1.165, 1.54) is 25.3 Å². The van der Waals surface area contributed by atoms with Crippen molar-refractivity contribution in [2.45, 2.75) is 6.92 Å². The average molecular weight is 266 g/mol. The van der Waals surface area contributed by atoms with Gasteiger partial charge >= 0.3 is 5.97 Å². The molecule has 0 radical (unpaired) electrons. The van der Waals surface area contributed by atoms with Crippen molar-refractivity contribution in [2.24, 2.45) is 5.92 Å². The minimum Gasteiger partial charge on any atom is -0.481 e. The molecular formula is C13H18N2O4. The molecule has 6 heteroatoms. The molecule has 1 unspecified atom stereocenters. The van der Waals surface area contributed by atoms with Gasteiger partial charge in [0.05, 0.1) is 25.7 Å². The van der Waals surface area contributed by atoms with Crippen LogP contribution in [-0.4, -0.2) is 49.6 Å². The molecule has 0 saturated carbocycles. The molecule has 0 saturated heterocycles. The van der Waals surface area contributed by atoms with Crippen LogP contribution in [0.1, 0.15) is 17.3 Å². The first kappa shape index (κ1) is 14.9. The fraction of sp³-hybridized carbons (Fsp3) is 0.462. The van der Waals surface area contributed by atoms with E-state index in [1.807, 2.05) is 0 Å². The molecule has 0 fully saturated rings. The number of amides is 1. The van der Waals surface area contributed by atoms with Gasteiger partial charge in [-0.15, -0.1) is 0 Å². The van der Waals surface area contributed by atoms with Crippen LogP contribution in [0.4, 0.5) is 0 Å². The van der Waals surface area contributed by atoms with Crippen molar-refractivity contribution in [1.29, 1.82) is 0 Å². The molecule has 19 heavy (non-hydrogen) atoms. The van der Waals surface area contributed by atoms with Gasteiger partial charge in [0, 0.05) is 25.9 Å². The number of methoxy groups -OCH3 is 2. The molecule has 1 amide bonds. The number of rotatable bonds is 5. The maximum Gasteiger partial charge on any atom is 0.310 e. The number of pyridine rings is 1. The third kappa shape index (κ3) is 3.94. The van der Waals surface area contributed by atoms with Crippen molar-refractivity contribution in [3.05, 3.63) is 23.9 Å². The van der Waals surface area contributed by atoms with Crippen LogP contribution in [0.5, 0.6) is 5.88 Å². The van der Waals surface area contributed by atoms with Gasteiger partial charge in [0.15, 0.2) is 0 Å². The number of carbonyl (C=O) groups is 2. The van der Waals surface area contributed by atoms with E-state index >= 15 is 0 Å². The lowest BCUT2D eigenvalue weighted by Gasteiger charge is -2.20. The van der Waals surface area contributed by atoms with Crippen molar-refractivity contribution < 1.29 is 19.1 Å². The van der Waals surface area contributed by atoms with Crippen LogP contribution in [0.2, 0.25) is 0 Å². The largest absolute Gasteiger partial charge is 0.481 e. The van der Waals surface area contributed by atoms with Crippen LogP contribution in [0.25, 0.3) is 0 Å². The standard InChI is InChI=1S/C13H18N2O4/c1-9(13(17)19-4)8-15(2)12(16)10-5-6-11(18-3)14-7-10/h5-7,9H,8H2,1-4H3. The molecule has 0 aliphatic rings. The van der Waals surface area contributed by atoms with Crippen LogP contribution >= 0.6 is 0 Å². The maximum absolute atomic E-state index is 12.1. The molecule has 6 nitrogen and oxygen atoms in total. The van der Waals surface area contributed by atoms with Crippen LogP contribution in [0.15, 0.2) is 18.3 Å². The Kier molecular flexibility index (Phi) is 5.29. The third-order valence-electron chi connectivity index (χ3n) is 2.69. The molecule has 0 aliphatic carbocycles. The molecule has 0 aromatic carbocycles. The van der Waals surface area contributed by atoms with E-state index in [1.54, 1.807) is 26.1 Å². The van der Waals surface area contributed by atoms with Crippen LogP contribution in [-0.2, 0) is 9.53 Å². The summed E-state index contributed by atoms with van der Waals surface area (Å²) in [6, 6.07) is 3.25. The van der Waals surface area contributed by atoms with Crippen molar-refractivity contribution in [3.63, 3.8) is 0 Å². The Balaban J connectivity index is 2.68. The van der Waals surface area contributed by atoms with Crippen LogP contribution in [0, 0.1) is 5.92 Å². The Bertz CT molecular complexity index is 444. The summed E-state index contributed by atoms with van der Waals surface area (Å²) < 4.78 is 9.55. The predicted molar refractivity (Wildman–Crippen MR) is 68.9 cm³/mol. The normalized spacial score (nSPS) is 11.6. The summed E-state index contributed by atoms with van der Waals surface area (Å²) in [5, 5.41) is 0. The SMILES string of the molecule is COC(=O)C(C)CN(C)C(=O)c1ccc(OC)nc1. The van der Waals surface area contributed by atoms with Gasteiger partial charge in [0.1, 0.15) is 0 Å². The van der Waals surface area contributed by atoms with E-state index in [0.29, 0.717) is 11.4 Å². The Morgan fingerprint density at radius 2 is 2.05 bits per heavy atom. The second kappa shape index (κ2) is 6.72. The molecular weight excluding hydrogens is 248 g/mol.